The Morgan fingerprint density at radius 3 is 2.72 bits per heavy atom. The van der Waals surface area contributed by atoms with E-state index in [0.29, 0.717) is 17.2 Å². The van der Waals surface area contributed by atoms with Crippen molar-refractivity contribution < 1.29 is 4.74 Å². The molecular weight excluding hydrogens is 294 g/mol. The highest BCUT2D eigenvalue weighted by Gasteiger charge is 2.11. The van der Waals surface area contributed by atoms with Crippen LogP contribution in [0.25, 0.3) is 0 Å². The Morgan fingerprint density at radius 2 is 2.06 bits per heavy atom. The first-order valence-corrected chi connectivity index (χ1v) is 6.06. The van der Waals surface area contributed by atoms with E-state index in [1.807, 2.05) is 19.9 Å². The summed E-state index contributed by atoms with van der Waals surface area (Å²) in [6, 6.07) is 5.73. The normalized spacial score (nSPS) is 9.89. The van der Waals surface area contributed by atoms with Crippen LogP contribution in [0.5, 0.6) is 11.6 Å². The second-order valence-electron chi connectivity index (χ2n) is 3.81. The van der Waals surface area contributed by atoms with E-state index in [2.05, 4.69) is 32.0 Å². The highest BCUT2D eigenvalue weighted by molar-refractivity contribution is 9.10. The molecule has 5 heteroatoms. The molecule has 18 heavy (non-hydrogen) atoms. The smallest absolute Gasteiger partial charge is 0.237 e. The number of nitrogens with zero attached hydrogens (tertiary/aromatic N) is 3. The van der Waals surface area contributed by atoms with Gasteiger partial charge in [-0.1, -0.05) is 0 Å². The number of rotatable bonds is 2. The third-order valence-electron chi connectivity index (χ3n) is 2.32. The minimum atomic E-state index is 0.315. The maximum absolute atomic E-state index is 9.13. The van der Waals surface area contributed by atoms with Crippen LogP contribution in [0.2, 0.25) is 0 Å². The molecule has 0 atom stereocenters. The Morgan fingerprint density at radius 1 is 1.28 bits per heavy atom. The minimum absolute atomic E-state index is 0.315. The Kier molecular flexibility index (Phi) is 3.58. The van der Waals surface area contributed by atoms with Gasteiger partial charge < -0.3 is 4.74 Å². The molecule has 2 rings (SSSR count). The lowest BCUT2D eigenvalue weighted by Gasteiger charge is -2.09. The fourth-order valence-electron chi connectivity index (χ4n) is 1.57. The molecule has 0 aliphatic carbocycles. The largest absolute Gasteiger partial charge is 0.436 e. The van der Waals surface area contributed by atoms with Crippen molar-refractivity contribution in [2.75, 3.05) is 0 Å². The molecule has 0 bridgehead atoms. The lowest BCUT2D eigenvalue weighted by molar-refractivity contribution is 0.457. The first-order valence-electron chi connectivity index (χ1n) is 5.27. The Hall–Kier alpha value is -1.93. The van der Waals surface area contributed by atoms with Gasteiger partial charge in [-0.15, -0.1) is 0 Å². The average Bonchev–Trinajstić information content (AvgIpc) is 2.28. The van der Waals surface area contributed by atoms with E-state index in [-0.39, 0.29) is 0 Å². The van der Waals surface area contributed by atoms with Crippen LogP contribution in [0.15, 0.2) is 29.0 Å². The van der Waals surface area contributed by atoms with Gasteiger partial charge >= 0.3 is 0 Å². The molecule has 0 aromatic carbocycles. The third kappa shape index (κ3) is 2.66. The summed E-state index contributed by atoms with van der Waals surface area (Å²) in [5.41, 5.74) is 2.10. The van der Waals surface area contributed by atoms with E-state index in [0.717, 1.165) is 15.7 Å². The molecule has 0 fully saturated rings. The molecule has 90 valence electrons. The summed E-state index contributed by atoms with van der Waals surface area (Å²) in [5.74, 6) is 0.855. The lowest BCUT2D eigenvalue weighted by Crippen LogP contribution is -1.97. The number of ether oxygens (including phenoxy) is 1. The highest BCUT2D eigenvalue weighted by atomic mass is 79.9. The van der Waals surface area contributed by atoms with Crippen LogP contribution in [0.3, 0.4) is 0 Å². The van der Waals surface area contributed by atoms with Gasteiger partial charge in [-0.3, -0.25) is 4.98 Å². The van der Waals surface area contributed by atoms with Crippen LogP contribution in [-0.2, 0) is 0 Å². The molecule has 0 unspecified atom stereocenters. The van der Waals surface area contributed by atoms with Crippen LogP contribution < -0.4 is 4.74 Å². The van der Waals surface area contributed by atoms with E-state index in [4.69, 9.17) is 10.00 Å². The number of halogens is 1. The summed E-state index contributed by atoms with van der Waals surface area (Å²) in [5, 5.41) is 9.13. The maximum Gasteiger partial charge on any atom is 0.237 e. The van der Waals surface area contributed by atoms with Crippen molar-refractivity contribution in [3.63, 3.8) is 0 Å². The van der Waals surface area contributed by atoms with Gasteiger partial charge in [0.1, 0.15) is 17.4 Å². The van der Waals surface area contributed by atoms with Crippen molar-refractivity contribution >= 4 is 15.9 Å². The highest BCUT2D eigenvalue weighted by Crippen LogP contribution is 2.26. The van der Waals surface area contributed by atoms with Crippen molar-refractivity contribution in [2.45, 2.75) is 13.8 Å². The van der Waals surface area contributed by atoms with Crippen molar-refractivity contribution in [1.29, 1.82) is 5.26 Å². The summed E-state index contributed by atoms with van der Waals surface area (Å²) in [7, 11) is 0. The van der Waals surface area contributed by atoms with E-state index < -0.39 is 0 Å². The third-order valence-corrected chi connectivity index (χ3v) is 2.75. The molecular formula is C13H10BrN3O. The topological polar surface area (TPSA) is 58.8 Å². The number of pyridine rings is 2. The predicted molar refractivity (Wildman–Crippen MR) is 70.4 cm³/mol. The van der Waals surface area contributed by atoms with Gasteiger partial charge in [0.25, 0.3) is 0 Å². The minimum Gasteiger partial charge on any atom is -0.436 e. The molecule has 0 saturated heterocycles. The monoisotopic (exact) mass is 303 g/mol. The van der Waals surface area contributed by atoms with E-state index in [1.165, 1.54) is 0 Å². The maximum atomic E-state index is 9.13. The average molecular weight is 304 g/mol. The standard InChI is InChI=1S/C13H10BrN3O/c1-8-3-9(2)17-13(12(8)5-15)18-11-4-10(14)6-16-7-11/h3-4,6-7H,1-2H3. The van der Waals surface area contributed by atoms with Gasteiger partial charge in [-0.05, 0) is 47.5 Å². The van der Waals surface area contributed by atoms with Crippen LogP contribution >= 0.6 is 15.9 Å². The van der Waals surface area contributed by atoms with Crippen LogP contribution in [0.4, 0.5) is 0 Å². The molecule has 2 aromatic heterocycles. The Balaban J connectivity index is 2.43. The summed E-state index contributed by atoms with van der Waals surface area (Å²) in [6.45, 7) is 3.72. The Bertz CT molecular complexity index is 635. The molecule has 0 aliphatic heterocycles. The second-order valence-corrected chi connectivity index (χ2v) is 4.73. The van der Waals surface area contributed by atoms with Crippen LogP contribution in [-0.4, -0.2) is 9.97 Å². The molecule has 0 radical (unpaired) electrons. The predicted octanol–water partition coefficient (Wildman–Crippen LogP) is 3.52. The summed E-state index contributed by atoms with van der Waals surface area (Å²) >= 11 is 3.31. The first-order chi connectivity index (χ1) is 8.60. The molecule has 0 spiro atoms. The number of aromatic nitrogens is 2. The van der Waals surface area contributed by atoms with Gasteiger partial charge in [0, 0.05) is 16.4 Å². The lowest BCUT2D eigenvalue weighted by atomic mass is 10.1. The number of hydrogen-bond acceptors (Lipinski definition) is 4. The van der Waals surface area contributed by atoms with Crippen molar-refractivity contribution in [2.24, 2.45) is 0 Å². The second kappa shape index (κ2) is 5.15. The van der Waals surface area contributed by atoms with Gasteiger partial charge in [-0.25, -0.2) is 4.98 Å². The SMILES string of the molecule is Cc1cc(C)c(C#N)c(Oc2cncc(Br)c2)n1. The van der Waals surface area contributed by atoms with Gasteiger partial charge in [0.15, 0.2) is 0 Å². The Labute approximate surface area is 113 Å². The van der Waals surface area contributed by atoms with Crippen LogP contribution in [0, 0.1) is 25.2 Å². The van der Waals surface area contributed by atoms with Crippen molar-refractivity contribution in [3.05, 3.63) is 45.8 Å². The summed E-state index contributed by atoms with van der Waals surface area (Å²) in [4.78, 5) is 8.24. The zero-order chi connectivity index (χ0) is 13.1. The van der Waals surface area contributed by atoms with E-state index in [9.17, 15) is 0 Å². The molecule has 4 nitrogen and oxygen atoms in total. The fraction of sp³-hybridized carbons (Fsp3) is 0.154. The molecule has 2 aromatic rings. The molecule has 2 heterocycles. The van der Waals surface area contributed by atoms with Crippen LogP contribution in [0.1, 0.15) is 16.8 Å². The summed E-state index contributed by atoms with van der Waals surface area (Å²) in [6.07, 6.45) is 3.23. The van der Waals surface area contributed by atoms with Gasteiger partial charge in [0.2, 0.25) is 5.88 Å². The van der Waals surface area contributed by atoms with Gasteiger partial charge in [-0.2, -0.15) is 5.26 Å². The molecule has 0 amide bonds. The zero-order valence-corrected chi connectivity index (χ0v) is 11.5. The number of aryl methyl sites for hydroxylation is 2. The van der Waals surface area contributed by atoms with E-state index >= 15 is 0 Å². The first kappa shape index (κ1) is 12.5. The quantitative estimate of drug-likeness (QED) is 0.851. The van der Waals surface area contributed by atoms with Gasteiger partial charge in [0.05, 0.1) is 6.20 Å². The fourth-order valence-corrected chi connectivity index (χ4v) is 1.92. The molecule has 0 N–H and O–H groups in total. The number of hydrogen-bond donors (Lipinski definition) is 0. The molecule has 0 saturated carbocycles. The molecule has 0 aliphatic rings. The van der Waals surface area contributed by atoms with Crippen molar-refractivity contribution in [3.8, 4) is 17.7 Å². The van der Waals surface area contributed by atoms with E-state index in [1.54, 1.807) is 18.5 Å². The number of nitriles is 1. The zero-order valence-electron chi connectivity index (χ0n) is 9.94. The van der Waals surface area contributed by atoms with Crippen molar-refractivity contribution in [1.82, 2.24) is 9.97 Å². The summed E-state index contributed by atoms with van der Waals surface area (Å²) < 4.78 is 6.42.